The number of hydrogen-bond donors (Lipinski definition) is 2. The Morgan fingerprint density at radius 3 is 2.56 bits per heavy atom. The maximum atomic E-state index is 13.2. The van der Waals surface area contributed by atoms with E-state index in [0.717, 1.165) is 6.54 Å². The van der Waals surface area contributed by atoms with Crippen molar-refractivity contribution in [3.8, 4) is 5.75 Å². The Kier molecular flexibility index (Phi) is 7.76. The number of nitrogens with one attached hydrogen (secondary N) is 2. The normalized spacial score (nSPS) is 22.8. The number of carbonyl (C=O) groups is 1. The molecule has 1 aliphatic heterocycles. The van der Waals surface area contributed by atoms with Gasteiger partial charge >= 0.3 is 0 Å². The molecule has 2 N–H and O–H groups in total. The van der Waals surface area contributed by atoms with Crippen molar-refractivity contribution >= 4 is 21.6 Å². The van der Waals surface area contributed by atoms with Crippen molar-refractivity contribution in [2.24, 2.45) is 5.92 Å². The summed E-state index contributed by atoms with van der Waals surface area (Å²) in [4.78, 5) is 14.9. The molecule has 3 rings (SSSR count). The van der Waals surface area contributed by atoms with E-state index in [4.69, 9.17) is 9.47 Å². The van der Waals surface area contributed by atoms with E-state index in [9.17, 15) is 13.2 Å². The van der Waals surface area contributed by atoms with Crippen LogP contribution < -0.4 is 14.8 Å². The van der Waals surface area contributed by atoms with Crippen molar-refractivity contribution < 1.29 is 22.7 Å². The summed E-state index contributed by atoms with van der Waals surface area (Å²) in [5.74, 6) is 0.311. The third kappa shape index (κ3) is 5.79. The second kappa shape index (κ2) is 10.3. The van der Waals surface area contributed by atoms with Crippen molar-refractivity contribution in [3.63, 3.8) is 0 Å². The molecule has 0 spiro atoms. The van der Waals surface area contributed by atoms with Gasteiger partial charge in [0.15, 0.2) is 0 Å². The number of amides is 1. The fourth-order valence-corrected chi connectivity index (χ4v) is 4.60. The highest BCUT2D eigenvalue weighted by Crippen LogP contribution is 2.27. The summed E-state index contributed by atoms with van der Waals surface area (Å²) >= 11 is 0. The Morgan fingerprint density at radius 1 is 1.16 bits per heavy atom. The predicted molar refractivity (Wildman–Crippen MR) is 124 cm³/mol. The molecule has 0 aromatic heterocycles. The maximum absolute atomic E-state index is 13.2. The standard InChI is InChI=1S/C23H31N3O5S/c1-16-13-24-17(2)15-31-21-12-18(25-32(28,29)19-8-6-5-7-9-19)10-11-20(21)23(27)26(3)14-22(16)30-4/h5-12,16-17,22,24-25H,13-15H2,1-4H3/t16-,17-,22+/m1/s1. The summed E-state index contributed by atoms with van der Waals surface area (Å²) in [6, 6.07) is 12.8. The van der Waals surface area contributed by atoms with Gasteiger partial charge in [0.05, 0.1) is 22.3 Å². The molecule has 0 fully saturated rings. The lowest BCUT2D eigenvalue weighted by Crippen LogP contribution is -2.44. The number of hydrogen-bond acceptors (Lipinski definition) is 6. The van der Waals surface area contributed by atoms with Gasteiger partial charge in [-0.1, -0.05) is 25.1 Å². The summed E-state index contributed by atoms with van der Waals surface area (Å²) in [6.45, 7) is 5.54. The van der Waals surface area contributed by atoms with Crippen molar-refractivity contribution in [3.05, 3.63) is 54.1 Å². The molecule has 0 saturated heterocycles. The Morgan fingerprint density at radius 2 is 1.88 bits per heavy atom. The zero-order valence-electron chi connectivity index (χ0n) is 18.9. The lowest BCUT2D eigenvalue weighted by Gasteiger charge is -2.30. The van der Waals surface area contributed by atoms with Gasteiger partial charge in [-0.3, -0.25) is 9.52 Å². The topological polar surface area (TPSA) is 97.0 Å². The lowest BCUT2D eigenvalue weighted by atomic mass is 10.0. The number of rotatable bonds is 4. The van der Waals surface area contributed by atoms with E-state index in [-0.39, 0.29) is 28.9 Å². The fraction of sp³-hybridized carbons (Fsp3) is 0.435. The van der Waals surface area contributed by atoms with Gasteiger partial charge in [0.25, 0.3) is 15.9 Å². The van der Waals surface area contributed by atoms with Gasteiger partial charge in [-0.25, -0.2) is 8.42 Å². The number of fused-ring (bicyclic) bond motifs is 1. The number of ether oxygens (including phenoxy) is 2. The SMILES string of the molecule is CO[C@H]1CN(C)C(=O)c2ccc(NS(=O)(=O)c3ccccc3)cc2OC[C@@H](C)NC[C@H]1C. The zero-order chi connectivity index (χ0) is 23.3. The minimum Gasteiger partial charge on any atom is -0.491 e. The van der Waals surface area contributed by atoms with Crippen LogP contribution in [0.5, 0.6) is 5.75 Å². The van der Waals surface area contributed by atoms with Gasteiger partial charge in [-0.15, -0.1) is 0 Å². The van der Waals surface area contributed by atoms with E-state index >= 15 is 0 Å². The second-order valence-electron chi connectivity index (χ2n) is 8.19. The van der Waals surface area contributed by atoms with Crippen molar-refractivity contribution in [1.29, 1.82) is 0 Å². The Balaban J connectivity index is 1.91. The Bertz CT molecular complexity index is 1030. The molecule has 3 atom stereocenters. The highest BCUT2D eigenvalue weighted by Gasteiger charge is 2.26. The number of anilines is 1. The van der Waals surface area contributed by atoms with Crippen LogP contribution in [0.4, 0.5) is 5.69 Å². The summed E-state index contributed by atoms with van der Waals surface area (Å²) < 4.78 is 39.5. The van der Waals surface area contributed by atoms with E-state index < -0.39 is 10.0 Å². The molecule has 8 nitrogen and oxygen atoms in total. The van der Waals surface area contributed by atoms with E-state index in [1.165, 1.54) is 12.1 Å². The molecule has 0 unspecified atom stereocenters. The number of likely N-dealkylation sites (N-methyl/N-ethyl adjacent to an activating group) is 1. The first-order valence-electron chi connectivity index (χ1n) is 10.6. The van der Waals surface area contributed by atoms with Gasteiger partial charge < -0.3 is 19.7 Å². The van der Waals surface area contributed by atoms with Crippen LogP contribution >= 0.6 is 0 Å². The van der Waals surface area contributed by atoms with Crippen LogP contribution in [0.2, 0.25) is 0 Å². The quantitative estimate of drug-likeness (QED) is 0.727. The van der Waals surface area contributed by atoms with Crippen molar-refractivity contribution in [2.45, 2.75) is 30.9 Å². The van der Waals surface area contributed by atoms with Crippen molar-refractivity contribution in [2.75, 3.05) is 38.6 Å². The average molecular weight is 462 g/mol. The zero-order valence-corrected chi connectivity index (χ0v) is 19.7. The molecule has 174 valence electrons. The van der Waals surface area contributed by atoms with E-state index in [1.54, 1.807) is 55.5 Å². The smallest absolute Gasteiger partial charge is 0.261 e. The predicted octanol–water partition coefficient (Wildman–Crippen LogP) is 2.58. The largest absolute Gasteiger partial charge is 0.491 e. The average Bonchev–Trinajstić information content (AvgIpc) is 2.78. The molecule has 0 saturated carbocycles. The summed E-state index contributed by atoms with van der Waals surface area (Å²) in [5, 5.41) is 3.43. The molecule has 2 aromatic rings. The van der Waals surface area contributed by atoms with Crippen molar-refractivity contribution in [1.82, 2.24) is 10.2 Å². The van der Waals surface area contributed by atoms with Crippen LogP contribution in [0.3, 0.4) is 0 Å². The van der Waals surface area contributed by atoms with Crippen LogP contribution in [-0.4, -0.2) is 65.2 Å². The molecule has 2 aromatic carbocycles. The third-order valence-electron chi connectivity index (χ3n) is 5.53. The van der Waals surface area contributed by atoms with Gasteiger partial charge in [0, 0.05) is 39.4 Å². The van der Waals surface area contributed by atoms with Gasteiger partial charge in [-0.2, -0.15) is 0 Å². The Labute approximate surface area is 190 Å². The number of benzene rings is 2. The number of nitrogens with zero attached hydrogens (tertiary/aromatic N) is 1. The third-order valence-corrected chi connectivity index (χ3v) is 6.93. The lowest BCUT2D eigenvalue weighted by molar-refractivity contribution is 0.0281. The highest BCUT2D eigenvalue weighted by molar-refractivity contribution is 7.92. The van der Waals surface area contributed by atoms with Crippen LogP contribution in [0.1, 0.15) is 24.2 Å². The number of methoxy groups -OCH3 is 1. The minimum atomic E-state index is -3.76. The van der Waals surface area contributed by atoms with E-state index in [0.29, 0.717) is 30.2 Å². The summed E-state index contributed by atoms with van der Waals surface area (Å²) in [6.07, 6.45) is -0.121. The fourth-order valence-electron chi connectivity index (χ4n) is 3.53. The van der Waals surface area contributed by atoms with Crippen LogP contribution in [0.15, 0.2) is 53.4 Å². The monoisotopic (exact) mass is 461 g/mol. The molecule has 0 radical (unpaired) electrons. The summed E-state index contributed by atoms with van der Waals surface area (Å²) in [7, 11) is -0.391. The van der Waals surface area contributed by atoms with Gasteiger partial charge in [0.2, 0.25) is 0 Å². The summed E-state index contributed by atoms with van der Waals surface area (Å²) in [5.41, 5.74) is 0.685. The second-order valence-corrected chi connectivity index (χ2v) is 9.87. The first-order chi connectivity index (χ1) is 15.2. The van der Waals surface area contributed by atoms with Crippen LogP contribution in [-0.2, 0) is 14.8 Å². The minimum absolute atomic E-state index is 0.0275. The van der Waals surface area contributed by atoms with Gasteiger partial charge in [0.1, 0.15) is 12.4 Å². The van der Waals surface area contributed by atoms with Gasteiger partial charge in [-0.05, 0) is 37.1 Å². The molecule has 9 heteroatoms. The Hall–Kier alpha value is -2.62. The van der Waals surface area contributed by atoms with E-state index in [2.05, 4.69) is 17.0 Å². The van der Waals surface area contributed by atoms with E-state index in [1.807, 2.05) is 6.92 Å². The highest BCUT2D eigenvalue weighted by atomic mass is 32.2. The molecule has 0 aliphatic carbocycles. The maximum Gasteiger partial charge on any atom is 0.261 e. The molecular formula is C23H31N3O5S. The van der Waals surface area contributed by atoms with Crippen LogP contribution in [0.25, 0.3) is 0 Å². The first-order valence-corrected chi connectivity index (χ1v) is 12.1. The molecule has 32 heavy (non-hydrogen) atoms. The number of sulfonamides is 1. The molecule has 1 aliphatic rings. The number of carbonyl (C=O) groups excluding carboxylic acids is 1. The molecule has 0 bridgehead atoms. The molecular weight excluding hydrogens is 430 g/mol. The van der Waals surface area contributed by atoms with Crippen LogP contribution in [0, 0.1) is 5.92 Å². The molecule has 1 amide bonds. The first kappa shape index (κ1) is 24.0. The molecule has 1 heterocycles.